The van der Waals surface area contributed by atoms with E-state index in [2.05, 4.69) is 27.3 Å². The van der Waals surface area contributed by atoms with Crippen LogP contribution in [0.5, 0.6) is 0 Å². The molecule has 0 unspecified atom stereocenters. The van der Waals surface area contributed by atoms with Crippen molar-refractivity contribution in [1.82, 2.24) is 15.2 Å². The maximum absolute atomic E-state index is 12.5. The lowest BCUT2D eigenvalue weighted by molar-refractivity contribution is 0.0374. The predicted molar refractivity (Wildman–Crippen MR) is 104 cm³/mol. The molecule has 0 radical (unpaired) electrons. The van der Waals surface area contributed by atoms with Gasteiger partial charge in [0.2, 0.25) is 0 Å². The van der Waals surface area contributed by atoms with Crippen LogP contribution < -0.4 is 5.32 Å². The van der Waals surface area contributed by atoms with E-state index in [9.17, 15) is 4.79 Å². The normalized spacial score (nSPS) is 18.5. The topological polar surface area (TPSA) is 57.4 Å². The average molecular weight is 355 g/mol. The van der Waals surface area contributed by atoms with Crippen LogP contribution in [0, 0.1) is 0 Å². The number of nitrogens with one attached hydrogen (secondary N) is 2. The SMILES string of the molecule is O=C(NCCCN1CCOCC1)c1ccc2[nH]c3c(c2c1)CCCCC3. The van der Waals surface area contributed by atoms with Gasteiger partial charge in [0, 0.05) is 41.8 Å². The highest BCUT2D eigenvalue weighted by Gasteiger charge is 2.16. The number of amides is 1. The monoisotopic (exact) mass is 355 g/mol. The Morgan fingerprint density at radius 1 is 1.15 bits per heavy atom. The molecule has 0 bridgehead atoms. The number of benzene rings is 1. The number of rotatable bonds is 5. The van der Waals surface area contributed by atoms with Crippen LogP contribution in [-0.2, 0) is 17.6 Å². The van der Waals surface area contributed by atoms with E-state index in [4.69, 9.17) is 4.74 Å². The van der Waals surface area contributed by atoms with Crippen LogP contribution in [0.2, 0.25) is 0 Å². The summed E-state index contributed by atoms with van der Waals surface area (Å²) in [4.78, 5) is 18.5. The second-order valence-electron chi connectivity index (χ2n) is 7.47. The summed E-state index contributed by atoms with van der Waals surface area (Å²) in [5.74, 6) is 0.0393. The fourth-order valence-corrected chi connectivity index (χ4v) is 4.16. The molecule has 1 aliphatic heterocycles. The largest absolute Gasteiger partial charge is 0.379 e. The van der Waals surface area contributed by atoms with Gasteiger partial charge in [-0.05, 0) is 62.4 Å². The van der Waals surface area contributed by atoms with Crippen molar-refractivity contribution in [1.29, 1.82) is 0 Å². The molecule has 2 aliphatic rings. The minimum Gasteiger partial charge on any atom is -0.379 e. The molecule has 2 N–H and O–H groups in total. The maximum atomic E-state index is 12.5. The van der Waals surface area contributed by atoms with Gasteiger partial charge >= 0.3 is 0 Å². The van der Waals surface area contributed by atoms with E-state index in [-0.39, 0.29) is 5.91 Å². The standard InChI is InChI=1S/C21H29N3O2/c25-21(22-9-4-10-24-11-13-26-14-12-24)16-7-8-20-18(15-16)17-5-2-1-3-6-19(17)23-20/h7-8,15,23H,1-6,9-14H2,(H,22,25). The molecule has 5 heteroatoms. The molecular weight excluding hydrogens is 326 g/mol. The van der Waals surface area contributed by atoms with Crippen LogP contribution in [0.25, 0.3) is 10.9 Å². The van der Waals surface area contributed by atoms with Crippen molar-refractivity contribution >= 4 is 16.8 Å². The van der Waals surface area contributed by atoms with Gasteiger partial charge in [0.1, 0.15) is 0 Å². The molecular formula is C21H29N3O2. The van der Waals surface area contributed by atoms with Gasteiger partial charge in [-0.25, -0.2) is 0 Å². The van der Waals surface area contributed by atoms with Gasteiger partial charge in [0.05, 0.1) is 13.2 Å². The van der Waals surface area contributed by atoms with Gasteiger partial charge in [-0.3, -0.25) is 9.69 Å². The molecule has 26 heavy (non-hydrogen) atoms. The van der Waals surface area contributed by atoms with E-state index in [1.165, 1.54) is 41.4 Å². The Hall–Kier alpha value is -1.85. The summed E-state index contributed by atoms with van der Waals surface area (Å²) in [5.41, 5.74) is 4.75. The van der Waals surface area contributed by atoms with Crippen LogP contribution in [0.3, 0.4) is 0 Å². The van der Waals surface area contributed by atoms with Crippen LogP contribution >= 0.6 is 0 Å². The molecule has 5 nitrogen and oxygen atoms in total. The molecule has 0 saturated carbocycles. The summed E-state index contributed by atoms with van der Waals surface area (Å²) in [6.45, 7) is 5.40. The number of nitrogens with zero attached hydrogens (tertiary/aromatic N) is 1. The number of carbonyl (C=O) groups excluding carboxylic acids is 1. The molecule has 1 amide bonds. The van der Waals surface area contributed by atoms with Gasteiger partial charge in [-0.1, -0.05) is 6.42 Å². The van der Waals surface area contributed by atoms with E-state index in [0.29, 0.717) is 0 Å². The van der Waals surface area contributed by atoms with E-state index < -0.39 is 0 Å². The first-order valence-corrected chi connectivity index (χ1v) is 10.0. The van der Waals surface area contributed by atoms with Crippen molar-refractivity contribution in [3.63, 3.8) is 0 Å². The van der Waals surface area contributed by atoms with Crippen molar-refractivity contribution in [3.8, 4) is 0 Å². The third kappa shape index (κ3) is 3.94. The zero-order chi connectivity index (χ0) is 17.8. The number of aromatic amines is 1. The average Bonchev–Trinajstić information content (AvgIpc) is 2.85. The van der Waals surface area contributed by atoms with Gasteiger partial charge in [-0.15, -0.1) is 0 Å². The Morgan fingerprint density at radius 3 is 2.88 bits per heavy atom. The molecule has 4 rings (SSSR count). The number of carbonyl (C=O) groups is 1. The van der Waals surface area contributed by atoms with Crippen LogP contribution in [0.4, 0.5) is 0 Å². The quantitative estimate of drug-likeness (QED) is 0.640. The molecule has 1 aromatic heterocycles. The summed E-state index contributed by atoms with van der Waals surface area (Å²) >= 11 is 0. The number of ether oxygens (including phenoxy) is 1. The first-order valence-electron chi connectivity index (χ1n) is 10.0. The second-order valence-corrected chi connectivity index (χ2v) is 7.47. The first kappa shape index (κ1) is 17.6. The smallest absolute Gasteiger partial charge is 0.251 e. The lowest BCUT2D eigenvalue weighted by atomic mass is 10.0. The number of H-pyrrole nitrogens is 1. The fourth-order valence-electron chi connectivity index (χ4n) is 4.16. The van der Waals surface area contributed by atoms with Gasteiger partial charge in [0.25, 0.3) is 5.91 Å². The van der Waals surface area contributed by atoms with Crippen LogP contribution in [0.15, 0.2) is 18.2 Å². The van der Waals surface area contributed by atoms with Crippen molar-refractivity contribution in [3.05, 3.63) is 35.0 Å². The van der Waals surface area contributed by atoms with Crippen LogP contribution in [0.1, 0.15) is 47.3 Å². The Kier molecular flexibility index (Phi) is 5.56. The van der Waals surface area contributed by atoms with Gasteiger partial charge in [-0.2, -0.15) is 0 Å². The highest BCUT2D eigenvalue weighted by atomic mass is 16.5. The van der Waals surface area contributed by atoms with E-state index in [0.717, 1.165) is 64.2 Å². The zero-order valence-corrected chi connectivity index (χ0v) is 15.5. The minimum atomic E-state index is 0.0393. The van der Waals surface area contributed by atoms with E-state index in [1.54, 1.807) is 0 Å². The zero-order valence-electron chi connectivity index (χ0n) is 15.5. The molecule has 1 saturated heterocycles. The van der Waals surface area contributed by atoms with Crippen molar-refractivity contribution in [2.75, 3.05) is 39.4 Å². The molecule has 1 aliphatic carbocycles. The minimum absolute atomic E-state index is 0.0393. The van der Waals surface area contributed by atoms with E-state index in [1.807, 2.05) is 6.07 Å². The number of aromatic nitrogens is 1. The molecule has 140 valence electrons. The number of aryl methyl sites for hydroxylation is 2. The Bertz CT molecular complexity index is 762. The molecule has 0 atom stereocenters. The van der Waals surface area contributed by atoms with Gasteiger partial charge in [0.15, 0.2) is 0 Å². The molecule has 0 spiro atoms. The Balaban J connectivity index is 1.36. The van der Waals surface area contributed by atoms with Crippen LogP contribution in [-0.4, -0.2) is 55.2 Å². The Labute approximate surface area is 155 Å². The summed E-state index contributed by atoms with van der Waals surface area (Å²) in [6.07, 6.45) is 7.04. The molecule has 2 aromatic rings. The molecule has 1 aromatic carbocycles. The summed E-state index contributed by atoms with van der Waals surface area (Å²) in [7, 11) is 0. The highest BCUT2D eigenvalue weighted by molar-refractivity contribution is 5.99. The summed E-state index contributed by atoms with van der Waals surface area (Å²) < 4.78 is 5.36. The lowest BCUT2D eigenvalue weighted by Crippen LogP contribution is -2.38. The van der Waals surface area contributed by atoms with E-state index >= 15 is 0 Å². The fraction of sp³-hybridized carbons (Fsp3) is 0.571. The second kappa shape index (κ2) is 8.23. The third-order valence-electron chi connectivity index (χ3n) is 5.65. The van der Waals surface area contributed by atoms with Crippen molar-refractivity contribution in [2.24, 2.45) is 0 Å². The van der Waals surface area contributed by atoms with Crippen molar-refractivity contribution in [2.45, 2.75) is 38.5 Å². The molecule has 2 heterocycles. The number of hydrogen-bond donors (Lipinski definition) is 2. The summed E-state index contributed by atoms with van der Waals surface area (Å²) in [6, 6.07) is 6.08. The summed E-state index contributed by atoms with van der Waals surface area (Å²) in [5, 5.41) is 4.32. The molecule has 1 fully saturated rings. The Morgan fingerprint density at radius 2 is 2.00 bits per heavy atom. The predicted octanol–water partition coefficient (Wildman–Crippen LogP) is 2.89. The van der Waals surface area contributed by atoms with Crippen molar-refractivity contribution < 1.29 is 9.53 Å². The number of morpholine rings is 1. The number of fused-ring (bicyclic) bond motifs is 3. The van der Waals surface area contributed by atoms with Gasteiger partial charge < -0.3 is 15.0 Å². The lowest BCUT2D eigenvalue weighted by Gasteiger charge is -2.26. The highest BCUT2D eigenvalue weighted by Crippen LogP contribution is 2.29. The third-order valence-corrected chi connectivity index (χ3v) is 5.65. The maximum Gasteiger partial charge on any atom is 0.251 e. The first-order chi connectivity index (χ1) is 12.8. The number of hydrogen-bond acceptors (Lipinski definition) is 3.